The van der Waals surface area contributed by atoms with Gasteiger partial charge in [-0.3, -0.25) is 0 Å². The molecule has 0 aliphatic heterocycles. The molecular formula is C59H39N. The van der Waals surface area contributed by atoms with Gasteiger partial charge in [0, 0.05) is 17.1 Å². The minimum atomic E-state index is -0.588. The minimum Gasteiger partial charge on any atom is -0.310 e. The Hall–Kier alpha value is -7.74. The normalized spacial score (nSPS) is 14.4. The molecule has 10 aromatic carbocycles. The second-order valence-electron chi connectivity index (χ2n) is 16.0. The molecule has 1 heteroatoms. The quantitative estimate of drug-likeness (QED) is 0.169. The van der Waals surface area contributed by atoms with E-state index in [-0.39, 0.29) is 0 Å². The fourth-order valence-corrected chi connectivity index (χ4v) is 10.3. The third kappa shape index (κ3) is 5.13. The van der Waals surface area contributed by atoms with E-state index >= 15 is 0 Å². The van der Waals surface area contributed by atoms with Gasteiger partial charge in [0.1, 0.15) is 0 Å². The van der Waals surface area contributed by atoms with E-state index in [1.54, 1.807) is 0 Å². The number of hydrogen-bond donors (Lipinski definition) is 0. The highest BCUT2D eigenvalue weighted by Crippen LogP contribution is 2.63. The van der Waals surface area contributed by atoms with Gasteiger partial charge < -0.3 is 4.90 Å². The van der Waals surface area contributed by atoms with E-state index in [0.29, 0.717) is 0 Å². The molecule has 0 radical (unpaired) electrons. The molecule has 1 nitrogen and oxygen atoms in total. The number of para-hydroxylation sites is 1. The lowest BCUT2D eigenvalue weighted by Crippen LogP contribution is -2.29. The van der Waals surface area contributed by atoms with Crippen LogP contribution in [0.3, 0.4) is 0 Å². The van der Waals surface area contributed by atoms with Gasteiger partial charge >= 0.3 is 0 Å². The van der Waals surface area contributed by atoms with Crippen LogP contribution in [0.25, 0.3) is 66.4 Å². The van der Waals surface area contributed by atoms with Crippen LogP contribution >= 0.6 is 0 Å². The summed E-state index contributed by atoms with van der Waals surface area (Å²) in [5, 5.41) is 2.55. The van der Waals surface area contributed by atoms with E-state index in [0.717, 1.165) is 17.1 Å². The lowest BCUT2D eigenvalue weighted by Gasteiger charge is -2.36. The highest BCUT2D eigenvalue weighted by molar-refractivity contribution is 6.06. The molecule has 1 unspecified atom stereocenters. The van der Waals surface area contributed by atoms with Gasteiger partial charge in [-0.05, 0) is 125 Å². The summed E-state index contributed by atoms with van der Waals surface area (Å²) < 4.78 is 0. The first kappa shape index (κ1) is 34.3. The molecule has 2 aliphatic rings. The van der Waals surface area contributed by atoms with E-state index in [1.807, 2.05) is 0 Å². The van der Waals surface area contributed by atoms with Gasteiger partial charge in [0.05, 0.1) is 5.41 Å². The lowest BCUT2D eigenvalue weighted by atomic mass is 9.65. The monoisotopic (exact) mass is 761 g/mol. The van der Waals surface area contributed by atoms with Crippen LogP contribution in [0.1, 0.15) is 22.3 Å². The average molecular weight is 762 g/mol. The van der Waals surface area contributed by atoms with Crippen molar-refractivity contribution in [1.82, 2.24) is 0 Å². The van der Waals surface area contributed by atoms with Crippen molar-refractivity contribution in [2.45, 2.75) is 5.41 Å². The summed E-state index contributed by atoms with van der Waals surface area (Å²) in [6.07, 6.45) is 0. The Bertz CT molecular complexity index is 3240. The molecule has 0 aromatic heterocycles. The van der Waals surface area contributed by atoms with E-state index in [1.165, 1.54) is 88.7 Å². The SMILES string of the molecule is c1ccc(-c2ccc(-c3ccc(N(c4ccccc4)c4ccc5c(c4)C4(c6ccccc6-c6ccccc6-5)c5ccccc5-c5c4ccc4ccccc54)cc3)cc2)cc1. The third-order valence-corrected chi connectivity index (χ3v) is 12.9. The van der Waals surface area contributed by atoms with E-state index in [4.69, 9.17) is 0 Å². The maximum Gasteiger partial charge on any atom is 0.0726 e. The fourth-order valence-electron chi connectivity index (χ4n) is 10.3. The van der Waals surface area contributed by atoms with Gasteiger partial charge in [0.15, 0.2) is 0 Å². The molecule has 280 valence electrons. The number of fused-ring (bicyclic) bond motifs is 14. The van der Waals surface area contributed by atoms with Crippen LogP contribution < -0.4 is 4.90 Å². The molecule has 2 aliphatic carbocycles. The van der Waals surface area contributed by atoms with Gasteiger partial charge in [-0.2, -0.15) is 0 Å². The molecule has 1 atom stereocenters. The molecule has 0 saturated heterocycles. The average Bonchev–Trinajstić information content (AvgIpc) is 3.58. The number of anilines is 3. The minimum absolute atomic E-state index is 0.588. The molecule has 60 heavy (non-hydrogen) atoms. The Labute approximate surface area is 351 Å². The highest BCUT2D eigenvalue weighted by atomic mass is 15.1. The Morgan fingerprint density at radius 1 is 0.267 bits per heavy atom. The van der Waals surface area contributed by atoms with Crippen LogP contribution in [-0.2, 0) is 5.41 Å². The molecular weight excluding hydrogens is 723 g/mol. The van der Waals surface area contributed by atoms with Crippen molar-refractivity contribution in [3.05, 3.63) is 259 Å². The second-order valence-corrected chi connectivity index (χ2v) is 16.0. The summed E-state index contributed by atoms with van der Waals surface area (Å²) in [6.45, 7) is 0. The summed E-state index contributed by atoms with van der Waals surface area (Å²) in [5.74, 6) is 0. The first-order valence-corrected chi connectivity index (χ1v) is 20.8. The Balaban J connectivity index is 1.09. The largest absolute Gasteiger partial charge is 0.310 e. The summed E-state index contributed by atoms with van der Waals surface area (Å²) >= 11 is 0. The second kappa shape index (κ2) is 13.7. The zero-order valence-corrected chi connectivity index (χ0v) is 33.0. The zero-order valence-electron chi connectivity index (χ0n) is 33.0. The number of benzene rings is 10. The first-order chi connectivity index (χ1) is 29.8. The van der Waals surface area contributed by atoms with Crippen LogP contribution in [0, 0.1) is 0 Å². The van der Waals surface area contributed by atoms with Crippen LogP contribution in [0.4, 0.5) is 17.1 Å². The Morgan fingerprint density at radius 3 is 1.42 bits per heavy atom. The predicted molar refractivity (Wildman–Crippen MR) is 251 cm³/mol. The molecule has 0 amide bonds. The van der Waals surface area contributed by atoms with Gasteiger partial charge in [0.2, 0.25) is 0 Å². The van der Waals surface area contributed by atoms with Gasteiger partial charge in [-0.25, -0.2) is 0 Å². The maximum absolute atomic E-state index is 2.50. The topological polar surface area (TPSA) is 3.24 Å². The summed E-state index contributed by atoms with van der Waals surface area (Å²) in [7, 11) is 0. The van der Waals surface area contributed by atoms with Crippen LogP contribution in [0.15, 0.2) is 237 Å². The summed E-state index contributed by atoms with van der Waals surface area (Å²) in [4.78, 5) is 2.42. The standard InChI is InChI=1S/C59H39N/c1-3-15-40(16-4-1)41-27-29-42(30-28-41)43-31-34-46(35-32-43)60(45-18-5-2-6-19-45)47-36-37-52-50-22-10-9-21-49(50)51-23-11-13-25-54(51)59(57(52)39-47)55-26-14-12-24-53(55)58-48-20-8-7-17-44(48)33-38-56(58)59/h1-39H. The molecule has 0 N–H and O–H groups in total. The first-order valence-electron chi connectivity index (χ1n) is 20.8. The number of nitrogens with zero attached hydrogens (tertiary/aromatic N) is 1. The zero-order chi connectivity index (χ0) is 39.6. The van der Waals surface area contributed by atoms with Crippen LogP contribution in [0.5, 0.6) is 0 Å². The molecule has 1 spiro atoms. The molecule has 0 heterocycles. The van der Waals surface area contributed by atoms with Gasteiger partial charge in [0.25, 0.3) is 0 Å². The predicted octanol–water partition coefficient (Wildman–Crippen LogP) is 15.7. The van der Waals surface area contributed by atoms with Crippen molar-refractivity contribution < 1.29 is 0 Å². The summed E-state index contributed by atoms with van der Waals surface area (Å²) in [6, 6.07) is 87.5. The maximum atomic E-state index is 2.50. The van der Waals surface area contributed by atoms with Crippen molar-refractivity contribution in [2.75, 3.05) is 4.90 Å². The van der Waals surface area contributed by atoms with Gasteiger partial charge in [-0.1, -0.05) is 200 Å². The molecule has 0 saturated carbocycles. The molecule has 12 rings (SSSR count). The Morgan fingerprint density at radius 2 is 0.733 bits per heavy atom. The van der Waals surface area contributed by atoms with Crippen molar-refractivity contribution >= 4 is 27.8 Å². The molecule has 0 bridgehead atoms. The van der Waals surface area contributed by atoms with E-state index in [9.17, 15) is 0 Å². The number of hydrogen-bond acceptors (Lipinski definition) is 1. The van der Waals surface area contributed by atoms with Crippen molar-refractivity contribution in [1.29, 1.82) is 0 Å². The smallest absolute Gasteiger partial charge is 0.0726 e. The van der Waals surface area contributed by atoms with Crippen molar-refractivity contribution in [3.8, 4) is 55.6 Å². The van der Waals surface area contributed by atoms with E-state index in [2.05, 4.69) is 241 Å². The molecule has 0 fully saturated rings. The molecule has 10 aromatic rings. The van der Waals surface area contributed by atoms with Crippen molar-refractivity contribution in [3.63, 3.8) is 0 Å². The van der Waals surface area contributed by atoms with Crippen LogP contribution in [-0.4, -0.2) is 0 Å². The lowest BCUT2D eigenvalue weighted by molar-refractivity contribution is 0.776. The number of rotatable bonds is 5. The summed E-state index contributed by atoms with van der Waals surface area (Å²) in [5.41, 5.74) is 20.5. The fraction of sp³-hybridized carbons (Fsp3) is 0.0169. The van der Waals surface area contributed by atoms with Crippen molar-refractivity contribution in [2.24, 2.45) is 0 Å². The van der Waals surface area contributed by atoms with Gasteiger partial charge in [-0.15, -0.1) is 0 Å². The highest BCUT2D eigenvalue weighted by Gasteiger charge is 2.50. The van der Waals surface area contributed by atoms with Crippen LogP contribution in [0.2, 0.25) is 0 Å². The Kier molecular flexibility index (Phi) is 7.83. The van der Waals surface area contributed by atoms with E-state index < -0.39 is 5.41 Å². The third-order valence-electron chi connectivity index (χ3n) is 12.9.